The van der Waals surface area contributed by atoms with Gasteiger partial charge >= 0.3 is 0 Å². The SMILES string of the molecule is CCOc1ccc(C(=O)Nc2nc(-c3cccnc3)cs2)cc1OCC. The molecule has 0 aliphatic rings. The zero-order chi connectivity index (χ0) is 18.4. The average Bonchev–Trinajstić information content (AvgIpc) is 3.13. The smallest absolute Gasteiger partial charge is 0.257 e. The molecule has 1 N–H and O–H groups in total. The van der Waals surface area contributed by atoms with Crippen molar-refractivity contribution in [2.24, 2.45) is 0 Å². The van der Waals surface area contributed by atoms with E-state index in [1.54, 1.807) is 30.6 Å². The Morgan fingerprint density at radius 3 is 2.69 bits per heavy atom. The molecular formula is C19H19N3O3S. The van der Waals surface area contributed by atoms with Gasteiger partial charge in [0.05, 0.1) is 18.9 Å². The fourth-order valence-corrected chi connectivity index (χ4v) is 3.05. The molecule has 3 aromatic rings. The Hall–Kier alpha value is -2.93. The van der Waals surface area contributed by atoms with Gasteiger partial charge in [0.15, 0.2) is 16.6 Å². The number of anilines is 1. The van der Waals surface area contributed by atoms with Crippen LogP contribution in [0.5, 0.6) is 11.5 Å². The Balaban J connectivity index is 1.76. The molecule has 2 aromatic heterocycles. The van der Waals surface area contributed by atoms with Gasteiger partial charge in [-0.05, 0) is 44.2 Å². The third kappa shape index (κ3) is 4.18. The first kappa shape index (κ1) is 17.9. The molecule has 0 bridgehead atoms. The highest BCUT2D eigenvalue weighted by Crippen LogP contribution is 2.29. The molecule has 0 atom stereocenters. The average molecular weight is 369 g/mol. The van der Waals surface area contributed by atoms with Gasteiger partial charge in [0.25, 0.3) is 5.91 Å². The third-order valence-electron chi connectivity index (χ3n) is 3.49. The standard InChI is InChI=1S/C19H19N3O3S/c1-3-24-16-8-7-13(10-17(16)25-4-2)18(23)22-19-21-15(12-26-19)14-6-5-9-20-11-14/h5-12H,3-4H2,1-2H3,(H,21,22,23). The van der Waals surface area contributed by atoms with E-state index < -0.39 is 0 Å². The van der Waals surface area contributed by atoms with E-state index >= 15 is 0 Å². The van der Waals surface area contributed by atoms with Crippen LogP contribution in [0.4, 0.5) is 5.13 Å². The predicted molar refractivity (Wildman–Crippen MR) is 102 cm³/mol. The third-order valence-corrected chi connectivity index (χ3v) is 4.25. The van der Waals surface area contributed by atoms with Crippen LogP contribution >= 0.6 is 11.3 Å². The molecule has 0 saturated carbocycles. The molecule has 3 rings (SSSR count). The van der Waals surface area contributed by atoms with Crippen molar-refractivity contribution in [1.82, 2.24) is 9.97 Å². The summed E-state index contributed by atoms with van der Waals surface area (Å²) in [5.41, 5.74) is 2.17. The minimum atomic E-state index is -0.249. The molecule has 7 heteroatoms. The van der Waals surface area contributed by atoms with Crippen molar-refractivity contribution in [3.05, 3.63) is 53.7 Å². The second-order valence-corrected chi connectivity index (χ2v) is 6.12. The summed E-state index contributed by atoms with van der Waals surface area (Å²) in [4.78, 5) is 21.1. The van der Waals surface area contributed by atoms with E-state index in [4.69, 9.17) is 9.47 Å². The lowest BCUT2D eigenvalue weighted by atomic mass is 10.2. The summed E-state index contributed by atoms with van der Waals surface area (Å²) in [6.07, 6.45) is 3.45. The number of amides is 1. The zero-order valence-corrected chi connectivity index (χ0v) is 15.4. The number of benzene rings is 1. The number of aromatic nitrogens is 2. The summed E-state index contributed by atoms with van der Waals surface area (Å²) >= 11 is 1.37. The van der Waals surface area contributed by atoms with Gasteiger partial charge in [0.1, 0.15) is 0 Å². The highest BCUT2D eigenvalue weighted by molar-refractivity contribution is 7.14. The molecule has 0 unspecified atom stereocenters. The maximum Gasteiger partial charge on any atom is 0.257 e. The number of hydrogen-bond donors (Lipinski definition) is 1. The quantitative estimate of drug-likeness (QED) is 0.674. The summed E-state index contributed by atoms with van der Waals surface area (Å²) in [5.74, 6) is 0.928. The van der Waals surface area contributed by atoms with Crippen LogP contribution in [0.2, 0.25) is 0 Å². The van der Waals surface area contributed by atoms with Gasteiger partial charge in [-0.2, -0.15) is 0 Å². The molecule has 0 saturated heterocycles. The lowest BCUT2D eigenvalue weighted by Gasteiger charge is -2.12. The van der Waals surface area contributed by atoms with Gasteiger partial charge in [-0.15, -0.1) is 11.3 Å². The van der Waals surface area contributed by atoms with Crippen LogP contribution in [-0.4, -0.2) is 29.1 Å². The largest absolute Gasteiger partial charge is 0.490 e. The molecule has 0 spiro atoms. The van der Waals surface area contributed by atoms with E-state index in [-0.39, 0.29) is 5.91 Å². The second kappa shape index (κ2) is 8.44. The van der Waals surface area contributed by atoms with Crippen LogP contribution in [0, 0.1) is 0 Å². The van der Waals surface area contributed by atoms with Gasteiger partial charge < -0.3 is 9.47 Å². The Morgan fingerprint density at radius 2 is 1.96 bits per heavy atom. The Labute approximate surface area is 155 Å². The van der Waals surface area contributed by atoms with Crippen LogP contribution in [0.25, 0.3) is 11.3 Å². The number of thiazole rings is 1. The lowest BCUT2D eigenvalue weighted by Crippen LogP contribution is -2.12. The topological polar surface area (TPSA) is 73.3 Å². The van der Waals surface area contributed by atoms with E-state index in [1.807, 2.05) is 31.4 Å². The molecule has 1 aromatic carbocycles. The first-order valence-electron chi connectivity index (χ1n) is 8.28. The number of nitrogens with one attached hydrogen (secondary N) is 1. The summed E-state index contributed by atoms with van der Waals surface area (Å²) in [6.45, 7) is 4.81. The van der Waals surface area contributed by atoms with Crippen molar-refractivity contribution < 1.29 is 14.3 Å². The number of rotatable bonds is 7. The van der Waals surface area contributed by atoms with Gasteiger partial charge in [-0.3, -0.25) is 15.1 Å². The Kier molecular flexibility index (Phi) is 5.80. The molecule has 1 amide bonds. The normalized spacial score (nSPS) is 10.4. The number of carbonyl (C=O) groups excluding carboxylic acids is 1. The van der Waals surface area contributed by atoms with Crippen molar-refractivity contribution in [3.63, 3.8) is 0 Å². The van der Waals surface area contributed by atoms with E-state index in [0.29, 0.717) is 35.4 Å². The number of ether oxygens (including phenoxy) is 2. The predicted octanol–water partition coefficient (Wildman–Crippen LogP) is 4.25. The van der Waals surface area contributed by atoms with E-state index in [2.05, 4.69) is 15.3 Å². The monoisotopic (exact) mass is 369 g/mol. The van der Waals surface area contributed by atoms with E-state index in [9.17, 15) is 4.79 Å². The number of nitrogens with zero attached hydrogens (tertiary/aromatic N) is 2. The Morgan fingerprint density at radius 1 is 1.15 bits per heavy atom. The molecule has 26 heavy (non-hydrogen) atoms. The van der Waals surface area contributed by atoms with Crippen LogP contribution in [0.15, 0.2) is 48.1 Å². The molecule has 134 valence electrons. The lowest BCUT2D eigenvalue weighted by molar-refractivity contribution is 0.102. The van der Waals surface area contributed by atoms with Gasteiger partial charge in [-0.1, -0.05) is 0 Å². The fourth-order valence-electron chi connectivity index (χ4n) is 2.34. The van der Waals surface area contributed by atoms with E-state index in [0.717, 1.165) is 11.3 Å². The van der Waals surface area contributed by atoms with Crippen LogP contribution in [-0.2, 0) is 0 Å². The molecule has 0 aliphatic carbocycles. The fraction of sp³-hybridized carbons (Fsp3) is 0.211. The van der Waals surface area contributed by atoms with Gasteiger partial charge in [0, 0.05) is 28.9 Å². The van der Waals surface area contributed by atoms with Crippen LogP contribution in [0.3, 0.4) is 0 Å². The molecule has 0 fully saturated rings. The number of carbonyl (C=O) groups is 1. The molecule has 6 nitrogen and oxygen atoms in total. The van der Waals surface area contributed by atoms with Crippen LogP contribution in [0.1, 0.15) is 24.2 Å². The summed E-state index contributed by atoms with van der Waals surface area (Å²) in [6, 6.07) is 8.90. The first-order valence-corrected chi connectivity index (χ1v) is 9.16. The summed E-state index contributed by atoms with van der Waals surface area (Å²) in [5, 5.41) is 5.23. The summed E-state index contributed by atoms with van der Waals surface area (Å²) in [7, 11) is 0. The highest BCUT2D eigenvalue weighted by atomic mass is 32.1. The van der Waals surface area contributed by atoms with Crippen molar-refractivity contribution in [2.45, 2.75) is 13.8 Å². The number of pyridine rings is 1. The van der Waals surface area contributed by atoms with Gasteiger partial charge in [-0.25, -0.2) is 4.98 Å². The van der Waals surface area contributed by atoms with Crippen molar-refractivity contribution in [2.75, 3.05) is 18.5 Å². The second-order valence-electron chi connectivity index (χ2n) is 5.26. The van der Waals surface area contributed by atoms with Gasteiger partial charge in [0.2, 0.25) is 0 Å². The van der Waals surface area contributed by atoms with Crippen LogP contribution < -0.4 is 14.8 Å². The molecule has 2 heterocycles. The Bertz CT molecular complexity index is 881. The highest BCUT2D eigenvalue weighted by Gasteiger charge is 2.13. The van der Waals surface area contributed by atoms with Crippen molar-refractivity contribution >= 4 is 22.4 Å². The summed E-state index contributed by atoms with van der Waals surface area (Å²) < 4.78 is 11.1. The maximum absolute atomic E-state index is 12.5. The maximum atomic E-state index is 12.5. The van der Waals surface area contributed by atoms with Crippen molar-refractivity contribution in [1.29, 1.82) is 0 Å². The molecule has 0 aliphatic heterocycles. The zero-order valence-electron chi connectivity index (χ0n) is 14.6. The van der Waals surface area contributed by atoms with E-state index in [1.165, 1.54) is 11.3 Å². The van der Waals surface area contributed by atoms with Crippen molar-refractivity contribution in [3.8, 4) is 22.8 Å². The minimum absolute atomic E-state index is 0.249. The first-order chi connectivity index (χ1) is 12.7. The minimum Gasteiger partial charge on any atom is -0.490 e. The number of hydrogen-bond acceptors (Lipinski definition) is 6. The molecule has 0 radical (unpaired) electrons. The molecular weight excluding hydrogens is 350 g/mol.